The van der Waals surface area contributed by atoms with Gasteiger partial charge in [0.05, 0.1) is 0 Å². The molecule has 0 heterocycles. The highest BCUT2D eigenvalue weighted by molar-refractivity contribution is 5.79. The summed E-state index contributed by atoms with van der Waals surface area (Å²) in [5.41, 5.74) is 10.1. The minimum Gasteiger partial charge on any atom is -0.370 e. The van der Waals surface area contributed by atoms with Crippen molar-refractivity contribution in [1.82, 2.24) is 5.32 Å². The SMILES string of the molecule is CC(CC(N)=O)NC(=O)CC(C)(C)N. The van der Waals surface area contributed by atoms with Crippen molar-refractivity contribution in [2.75, 3.05) is 0 Å². The highest BCUT2D eigenvalue weighted by Gasteiger charge is 2.18. The van der Waals surface area contributed by atoms with Crippen molar-refractivity contribution in [3.63, 3.8) is 0 Å². The number of nitrogens with one attached hydrogen (secondary N) is 1. The van der Waals surface area contributed by atoms with Crippen LogP contribution in [0, 0.1) is 0 Å². The lowest BCUT2D eigenvalue weighted by Crippen LogP contribution is -2.42. The van der Waals surface area contributed by atoms with Gasteiger partial charge in [0.25, 0.3) is 0 Å². The quantitative estimate of drug-likeness (QED) is 0.559. The van der Waals surface area contributed by atoms with Crippen LogP contribution in [0.25, 0.3) is 0 Å². The van der Waals surface area contributed by atoms with Gasteiger partial charge in [0, 0.05) is 24.4 Å². The minimum absolute atomic E-state index is 0.150. The van der Waals surface area contributed by atoms with Crippen LogP contribution in [0.2, 0.25) is 0 Å². The Balaban J connectivity index is 3.89. The summed E-state index contributed by atoms with van der Waals surface area (Å²) in [6.07, 6.45) is 0.382. The van der Waals surface area contributed by atoms with Crippen molar-refractivity contribution in [3.05, 3.63) is 0 Å². The fourth-order valence-corrected chi connectivity index (χ4v) is 1.09. The van der Waals surface area contributed by atoms with E-state index in [0.29, 0.717) is 0 Å². The molecule has 0 aromatic rings. The van der Waals surface area contributed by atoms with Crippen molar-refractivity contribution in [2.24, 2.45) is 11.5 Å². The molecular formula is C9H19N3O2. The van der Waals surface area contributed by atoms with Crippen LogP contribution < -0.4 is 16.8 Å². The van der Waals surface area contributed by atoms with Crippen LogP contribution in [0.4, 0.5) is 0 Å². The van der Waals surface area contributed by atoms with E-state index in [1.807, 2.05) is 0 Å². The molecule has 0 bridgehead atoms. The molecule has 0 radical (unpaired) electrons. The zero-order chi connectivity index (χ0) is 11.4. The summed E-state index contributed by atoms with van der Waals surface area (Å²) in [7, 11) is 0. The van der Waals surface area contributed by atoms with Crippen molar-refractivity contribution >= 4 is 11.8 Å². The van der Waals surface area contributed by atoms with Gasteiger partial charge in [-0.15, -0.1) is 0 Å². The Labute approximate surface area is 84.2 Å². The Morgan fingerprint density at radius 3 is 2.29 bits per heavy atom. The van der Waals surface area contributed by atoms with Crippen LogP contribution in [0.15, 0.2) is 0 Å². The predicted molar refractivity (Wildman–Crippen MR) is 54.3 cm³/mol. The zero-order valence-electron chi connectivity index (χ0n) is 8.96. The molecule has 14 heavy (non-hydrogen) atoms. The molecule has 5 nitrogen and oxygen atoms in total. The third kappa shape index (κ3) is 7.54. The first-order valence-electron chi connectivity index (χ1n) is 4.57. The first-order valence-corrected chi connectivity index (χ1v) is 4.57. The Hall–Kier alpha value is -1.10. The molecule has 0 aliphatic heterocycles. The van der Waals surface area contributed by atoms with Crippen LogP contribution >= 0.6 is 0 Å². The lowest BCUT2D eigenvalue weighted by atomic mass is 10.0. The summed E-state index contributed by atoms with van der Waals surface area (Å²) >= 11 is 0. The Morgan fingerprint density at radius 1 is 1.43 bits per heavy atom. The highest BCUT2D eigenvalue weighted by atomic mass is 16.2. The molecule has 0 rings (SSSR count). The number of hydrogen-bond acceptors (Lipinski definition) is 3. The van der Waals surface area contributed by atoms with Gasteiger partial charge in [0.15, 0.2) is 0 Å². The van der Waals surface area contributed by atoms with Crippen LogP contribution in [0.1, 0.15) is 33.6 Å². The van der Waals surface area contributed by atoms with Gasteiger partial charge >= 0.3 is 0 Å². The van der Waals surface area contributed by atoms with Gasteiger partial charge < -0.3 is 16.8 Å². The maximum atomic E-state index is 11.3. The second-order valence-corrected chi connectivity index (χ2v) is 4.30. The molecule has 82 valence electrons. The van der Waals surface area contributed by atoms with Crippen molar-refractivity contribution in [2.45, 2.75) is 45.2 Å². The van der Waals surface area contributed by atoms with E-state index in [4.69, 9.17) is 11.5 Å². The Morgan fingerprint density at radius 2 is 1.93 bits per heavy atom. The average molecular weight is 201 g/mol. The number of rotatable bonds is 5. The Bertz CT molecular complexity index is 221. The normalized spacial score (nSPS) is 13.4. The molecular weight excluding hydrogens is 182 g/mol. The number of amides is 2. The molecule has 5 heteroatoms. The van der Waals surface area contributed by atoms with Gasteiger partial charge in [0.2, 0.25) is 11.8 Å². The fraction of sp³-hybridized carbons (Fsp3) is 0.778. The maximum Gasteiger partial charge on any atom is 0.222 e. The van der Waals surface area contributed by atoms with Gasteiger partial charge in [-0.1, -0.05) is 0 Å². The van der Waals surface area contributed by atoms with E-state index >= 15 is 0 Å². The summed E-state index contributed by atoms with van der Waals surface area (Å²) in [6, 6.07) is -0.234. The topological polar surface area (TPSA) is 98.2 Å². The first kappa shape index (κ1) is 12.9. The molecule has 0 aromatic heterocycles. The molecule has 0 fully saturated rings. The van der Waals surface area contributed by atoms with E-state index in [1.165, 1.54) is 0 Å². The monoisotopic (exact) mass is 201 g/mol. The molecule has 2 amide bonds. The van der Waals surface area contributed by atoms with E-state index in [2.05, 4.69) is 5.32 Å². The first-order chi connectivity index (χ1) is 6.20. The summed E-state index contributed by atoms with van der Waals surface area (Å²) < 4.78 is 0. The second kappa shape index (κ2) is 4.95. The Kier molecular flexibility index (Phi) is 4.56. The number of primary amides is 1. The molecule has 0 spiro atoms. The van der Waals surface area contributed by atoms with Crippen LogP contribution in [0.5, 0.6) is 0 Å². The number of carbonyl (C=O) groups excluding carboxylic acids is 2. The fourth-order valence-electron chi connectivity index (χ4n) is 1.09. The van der Waals surface area contributed by atoms with E-state index in [-0.39, 0.29) is 24.8 Å². The number of carbonyl (C=O) groups is 2. The van der Waals surface area contributed by atoms with E-state index in [0.717, 1.165) is 0 Å². The van der Waals surface area contributed by atoms with E-state index in [1.54, 1.807) is 20.8 Å². The largest absolute Gasteiger partial charge is 0.370 e. The minimum atomic E-state index is -0.531. The predicted octanol–water partition coefficient (Wildman–Crippen LogP) is -0.506. The van der Waals surface area contributed by atoms with Crippen molar-refractivity contribution < 1.29 is 9.59 Å². The molecule has 5 N–H and O–H groups in total. The number of hydrogen-bond donors (Lipinski definition) is 3. The third-order valence-electron chi connectivity index (χ3n) is 1.53. The molecule has 0 aliphatic rings. The molecule has 0 saturated carbocycles. The van der Waals surface area contributed by atoms with Crippen LogP contribution in [0.3, 0.4) is 0 Å². The zero-order valence-corrected chi connectivity index (χ0v) is 8.96. The van der Waals surface area contributed by atoms with Gasteiger partial charge in [-0.25, -0.2) is 0 Å². The van der Waals surface area contributed by atoms with Crippen LogP contribution in [-0.4, -0.2) is 23.4 Å². The standard InChI is InChI=1S/C9H19N3O2/c1-6(4-7(10)13)12-8(14)5-9(2,3)11/h6H,4-5,11H2,1-3H3,(H2,10,13)(H,12,14). The molecule has 1 unspecified atom stereocenters. The van der Waals surface area contributed by atoms with E-state index < -0.39 is 11.4 Å². The summed E-state index contributed by atoms with van der Waals surface area (Å²) in [5.74, 6) is -0.587. The maximum absolute atomic E-state index is 11.3. The molecule has 0 aliphatic carbocycles. The van der Waals surface area contributed by atoms with Crippen molar-refractivity contribution in [3.8, 4) is 0 Å². The van der Waals surface area contributed by atoms with E-state index in [9.17, 15) is 9.59 Å². The van der Waals surface area contributed by atoms with Gasteiger partial charge in [-0.3, -0.25) is 9.59 Å². The van der Waals surface area contributed by atoms with Crippen LogP contribution in [-0.2, 0) is 9.59 Å². The molecule has 1 atom stereocenters. The molecule has 0 aromatic carbocycles. The average Bonchev–Trinajstić information content (AvgIpc) is 1.77. The lowest BCUT2D eigenvalue weighted by molar-refractivity contribution is -0.123. The van der Waals surface area contributed by atoms with Gasteiger partial charge in [-0.2, -0.15) is 0 Å². The molecule has 0 saturated heterocycles. The smallest absolute Gasteiger partial charge is 0.222 e. The third-order valence-corrected chi connectivity index (χ3v) is 1.53. The summed E-state index contributed by atoms with van der Waals surface area (Å²) in [5, 5.41) is 2.65. The second-order valence-electron chi connectivity index (χ2n) is 4.30. The number of nitrogens with two attached hydrogens (primary N) is 2. The van der Waals surface area contributed by atoms with Crippen molar-refractivity contribution in [1.29, 1.82) is 0 Å². The lowest BCUT2D eigenvalue weighted by Gasteiger charge is -2.19. The summed E-state index contributed by atoms with van der Waals surface area (Å²) in [4.78, 5) is 21.8. The summed E-state index contributed by atoms with van der Waals surface area (Å²) in [6.45, 7) is 5.27. The van der Waals surface area contributed by atoms with Gasteiger partial charge in [-0.05, 0) is 20.8 Å². The highest BCUT2D eigenvalue weighted by Crippen LogP contribution is 2.03. The van der Waals surface area contributed by atoms with Gasteiger partial charge in [0.1, 0.15) is 0 Å².